The molecule has 2 aliphatic heterocycles. The molecule has 2 aliphatic rings. The van der Waals surface area contributed by atoms with Gasteiger partial charge in [0, 0.05) is 17.2 Å². The van der Waals surface area contributed by atoms with Gasteiger partial charge in [-0.25, -0.2) is 4.79 Å². The van der Waals surface area contributed by atoms with E-state index < -0.39 is 17.9 Å². The number of hydrogen-bond donors (Lipinski definition) is 1. The minimum absolute atomic E-state index is 0.0340. The van der Waals surface area contributed by atoms with Crippen LogP contribution in [0.4, 0.5) is 0 Å². The van der Waals surface area contributed by atoms with Gasteiger partial charge in [0.15, 0.2) is 6.61 Å². The highest BCUT2D eigenvalue weighted by atomic mass is 35.5. The van der Waals surface area contributed by atoms with E-state index >= 15 is 0 Å². The van der Waals surface area contributed by atoms with Crippen LogP contribution < -0.4 is 10.1 Å². The number of rotatable bonds is 7. The average molecular weight is 413 g/mol. The number of halogens is 1. The van der Waals surface area contributed by atoms with Crippen LogP contribution in [0, 0.1) is 0 Å². The molecule has 2 atom stereocenters. The highest BCUT2D eigenvalue weighted by molar-refractivity contribution is 8.01. The number of fused-ring (bicyclic) bond motifs is 1. The summed E-state index contributed by atoms with van der Waals surface area (Å²) in [5.41, 5.74) is 0. The van der Waals surface area contributed by atoms with E-state index in [1.54, 1.807) is 40.9 Å². The fourth-order valence-electron chi connectivity index (χ4n) is 3.17. The molecule has 1 aromatic rings. The van der Waals surface area contributed by atoms with Gasteiger partial charge in [0.2, 0.25) is 5.91 Å². The molecule has 0 bridgehead atoms. The summed E-state index contributed by atoms with van der Waals surface area (Å²) in [5.74, 6) is 0.168. The van der Waals surface area contributed by atoms with Gasteiger partial charge < -0.3 is 19.7 Å². The Bertz CT molecular complexity index is 729. The van der Waals surface area contributed by atoms with Crippen LogP contribution in [0.3, 0.4) is 0 Å². The fraction of sp³-hybridized carbons (Fsp3) is 0.500. The van der Waals surface area contributed by atoms with Gasteiger partial charge >= 0.3 is 5.97 Å². The number of carbonyl (C=O) groups is 3. The molecular formula is C18H21ClN2O5S. The highest BCUT2D eigenvalue weighted by Crippen LogP contribution is 2.47. The topological polar surface area (TPSA) is 84.9 Å². The Morgan fingerprint density at radius 3 is 2.85 bits per heavy atom. The van der Waals surface area contributed by atoms with Gasteiger partial charge in [0.05, 0.1) is 11.4 Å². The summed E-state index contributed by atoms with van der Waals surface area (Å²) in [4.78, 5) is 37.4. The van der Waals surface area contributed by atoms with Gasteiger partial charge in [-0.15, -0.1) is 11.8 Å². The Balaban J connectivity index is 1.36. The zero-order valence-corrected chi connectivity index (χ0v) is 16.5. The Morgan fingerprint density at radius 1 is 1.37 bits per heavy atom. The lowest BCUT2D eigenvalue weighted by atomic mass is 10.2. The van der Waals surface area contributed by atoms with Crippen molar-refractivity contribution in [3.05, 3.63) is 29.3 Å². The third-order valence-corrected chi connectivity index (χ3v) is 6.33. The van der Waals surface area contributed by atoms with E-state index in [-0.39, 0.29) is 30.5 Å². The molecule has 1 N–H and O–H groups in total. The maximum atomic E-state index is 12.3. The van der Waals surface area contributed by atoms with Crippen molar-refractivity contribution in [3.63, 3.8) is 0 Å². The molecule has 2 amide bonds. The van der Waals surface area contributed by atoms with Crippen LogP contribution in [0.15, 0.2) is 24.3 Å². The summed E-state index contributed by atoms with van der Waals surface area (Å²) < 4.78 is 10.6. The predicted molar refractivity (Wildman–Crippen MR) is 102 cm³/mol. The van der Waals surface area contributed by atoms with E-state index in [2.05, 4.69) is 5.32 Å². The second kappa shape index (κ2) is 8.39. The molecule has 0 aromatic heterocycles. The zero-order chi connectivity index (χ0) is 19.4. The van der Waals surface area contributed by atoms with Crippen LogP contribution >= 0.6 is 23.4 Å². The summed E-state index contributed by atoms with van der Waals surface area (Å²) in [6, 6.07) is 6.28. The van der Waals surface area contributed by atoms with Crippen LogP contribution in [0.5, 0.6) is 5.75 Å². The van der Waals surface area contributed by atoms with Crippen molar-refractivity contribution in [2.24, 2.45) is 0 Å². The van der Waals surface area contributed by atoms with Gasteiger partial charge in [0.25, 0.3) is 5.91 Å². The first-order chi connectivity index (χ1) is 12.9. The maximum Gasteiger partial charge on any atom is 0.330 e. The first-order valence-electron chi connectivity index (χ1n) is 8.67. The molecular weight excluding hydrogens is 392 g/mol. The predicted octanol–water partition coefficient (Wildman–Crippen LogP) is 1.83. The van der Waals surface area contributed by atoms with Gasteiger partial charge in [0.1, 0.15) is 18.4 Å². The molecule has 3 rings (SSSR count). The Labute approximate surface area is 166 Å². The maximum absolute atomic E-state index is 12.3. The lowest BCUT2D eigenvalue weighted by molar-refractivity contribution is -0.156. The Morgan fingerprint density at radius 2 is 2.11 bits per heavy atom. The third-order valence-electron chi connectivity index (χ3n) is 4.57. The van der Waals surface area contributed by atoms with Gasteiger partial charge in [-0.2, -0.15) is 0 Å². The molecule has 0 aliphatic carbocycles. The van der Waals surface area contributed by atoms with Gasteiger partial charge in [-0.1, -0.05) is 11.6 Å². The smallest absolute Gasteiger partial charge is 0.330 e. The van der Waals surface area contributed by atoms with E-state index in [4.69, 9.17) is 21.1 Å². The van der Waals surface area contributed by atoms with Crippen LogP contribution in [0.25, 0.3) is 0 Å². The van der Waals surface area contributed by atoms with E-state index in [9.17, 15) is 14.4 Å². The zero-order valence-electron chi connectivity index (χ0n) is 14.9. The van der Waals surface area contributed by atoms with Crippen LogP contribution in [0.2, 0.25) is 5.02 Å². The number of benzene rings is 1. The van der Waals surface area contributed by atoms with E-state index in [0.29, 0.717) is 22.9 Å². The Kier molecular flexibility index (Phi) is 6.16. The second-order valence-electron chi connectivity index (χ2n) is 6.53. The molecule has 1 aromatic carbocycles. The van der Waals surface area contributed by atoms with Crippen LogP contribution in [-0.2, 0) is 19.1 Å². The number of amides is 2. The van der Waals surface area contributed by atoms with E-state index in [1.165, 1.54) is 0 Å². The number of nitrogens with one attached hydrogen (secondary N) is 1. The molecule has 2 fully saturated rings. The van der Waals surface area contributed by atoms with Crippen LogP contribution in [0.1, 0.15) is 19.8 Å². The van der Waals surface area contributed by atoms with E-state index in [1.807, 2.05) is 6.92 Å². The monoisotopic (exact) mass is 412 g/mol. The number of carbonyl (C=O) groups excluding carboxylic acids is 3. The summed E-state index contributed by atoms with van der Waals surface area (Å²) in [5, 5.41) is 3.24. The van der Waals surface area contributed by atoms with Crippen LogP contribution in [-0.4, -0.2) is 59.1 Å². The normalized spacial score (nSPS) is 23.9. The largest absolute Gasteiger partial charge is 0.492 e. The lowest BCUT2D eigenvalue weighted by Gasteiger charge is -2.29. The number of nitrogens with zero attached hydrogens (tertiary/aromatic N) is 1. The third kappa shape index (κ3) is 4.68. The molecule has 2 saturated heterocycles. The quantitative estimate of drug-likeness (QED) is 0.543. The molecule has 0 unspecified atom stereocenters. The Hall–Kier alpha value is -1.93. The lowest BCUT2D eigenvalue weighted by Crippen LogP contribution is -2.47. The van der Waals surface area contributed by atoms with Gasteiger partial charge in [-0.3, -0.25) is 9.59 Å². The van der Waals surface area contributed by atoms with Gasteiger partial charge in [-0.05, 0) is 37.6 Å². The van der Waals surface area contributed by atoms with Crippen molar-refractivity contribution in [2.45, 2.75) is 30.7 Å². The minimum atomic E-state index is -0.615. The van der Waals surface area contributed by atoms with E-state index in [0.717, 1.165) is 6.42 Å². The second-order valence-corrected chi connectivity index (χ2v) is 8.46. The summed E-state index contributed by atoms with van der Waals surface area (Å²) in [7, 11) is 0. The number of hydrogen-bond acceptors (Lipinski definition) is 6. The fourth-order valence-corrected chi connectivity index (χ4v) is 4.71. The van der Waals surface area contributed by atoms with Crippen molar-refractivity contribution >= 4 is 41.1 Å². The number of thioether (sulfide) groups is 1. The molecule has 7 nitrogen and oxygen atoms in total. The molecule has 27 heavy (non-hydrogen) atoms. The SMILES string of the molecule is C[C@]12CCC(=O)N1[C@@H](C(=O)OCC(=O)NCCOc1ccc(Cl)cc1)CS2. The van der Waals surface area contributed by atoms with Crippen molar-refractivity contribution < 1.29 is 23.9 Å². The molecule has 2 heterocycles. The highest BCUT2D eigenvalue weighted by Gasteiger charge is 2.53. The summed E-state index contributed by atoms with van der Waals surface area (Å²) in [6.07, 6.45) is 1.18. The first kappa shape index (κ1) is 19.8. The average Bonchev–Trinajstić information content (AvgIpc) is 3.14. The standard InChI is InChI=1S/C18H21ClN2O5S/c1-18-7-6-16(23)21(18)14(11-27-18)17(24)26-10-15(22)20-8-9-25-13-4-2-12(19)3-5-13/h2-5,14H,6-11H2,1H3,(H,20,22)/t14-,18+/m1/s1. The first-order valence-corrected chi connectivity index (χ1v) is 10.0. The van der Waals surface area contributed by atoms with Crippen molar-refractivity contribution in [1.82, 2.24) is 10.2 Å². The summed E-state index contributed by atoms with van der Waals surface area (Å²) >= 11 is 7.37. The minimum Gasteiger partial charge on any atom is -0.492 e. The number of ether oxygens (including phenoxy) is 2. The molecule has 0 radical (unpaired) electrons. The van der Waals surface area contributed by atoms with Crippen molar-refractivity contribution in [2.75, 3.05) is 25.5 Å². The molecule has 9 heteroatoms. The number of esters is 1. The summed E-state index contributed by atoms with van der Waals surface area (Å²) in [6.45, 7) is 2.14. The molecule has 146 valence electrons. The molecule has 0 saturated carbocycles. The molecule has 0 spiro atoms. The van der Waals surface area contributed by atoms with Crippen molar-refractivity contribution in [1.29, 1.82) is 0 Å². The van der Waals surface area contributed by atoms with Crippen molar-refractivity contribution in [3.8, 4) is 5.75 Å².